The molecule has 0 saturated carbocycles. The van der Waals surface area contributed by atoms with Gasteiger partial charge in [-0.25, -0.2) is 9.37 Å². The molecule has 1 aromatic carbocycles. The molecule has 0 fully saturated rings. The lowest BCUT2D eigenvalue weighted by Gasteiger charge is -2.10. The number of guanidine groups is 1. The Morgan fingerprint density at radius 1 is 1.33 bits per heavy atom. The number of nitrogens with zero attached hydrogens (tertiary/aromatic N) is 2. The smallest absolute Gasteiger partial charge is 0.191 e. The number of benzene rings is 1. The van der Waals surface area contributed by atoms with Crippen molar-refractivity contribution in [2.24, 2.45) is 4.99 Å². The van der Waals surface area contributed by atoms with Gasteiger partial charge in [0.1, 0.15) is 10.8 Å². The highest BCUT2D eigenvalue weighted by Gasteiger charge is 2.02. The first-order chi connectivity index (χ1) is 9.67. The Labute approximate surface area is 144 Å². The van der Waals surface area contributed by atoms with Gasteiger partial charge in [0.25, 0.3) is 0 Å². The molecule has 7 heteroatoms. The van der Waals surface area contributed by atoms with Gasteiger partial charge in [-0.15, -0.1) is 35.3 Å². The van der Waals surface area contributed by atoms with E-state index in [1.165, 1.54) is 17.0 Å². The third kappa shape index (κ3) is 5.96. The predicted molar refractivity (Wildman–Crippen MR) is 95.7 cm³/mol. The lowest BCUT2D eigenvalue weighted by molar-refractivity contribution is 0.624. The summed E-state index contributed by atoms with van der Waals surface area (Å²) in [7, 11) is 1.70. The van der Waals surface area contributed by atoms with Crippen LogP contribution in [-0.2, 0) is 13.1 Å². The summed E-state index contributed by atoms with van der Waals surface area (Å²) in [5.74, 6) is 0.438. The molecule has 4 nitrogen and oxygen atoms in total. The Balaban J connectivity index is 0.00000220. The third-order valence-electron chi connectivity index (χ3n) is 2.65. The molecular formula is C14H18FIN4S. The monoisotopic (exact) mass is 420 g/mol. The van der Waals surface area contributed by atoms with Crippen molar-refractivity contribution in [3.8, 4) is 0 Å². The van der Waals surface area contributed by atoms with Crippen molar-refractivity contribution in [1.82, 2.24) is 15.6 Å². The van der Waals surface area contributed by atoms with Gasteiger partial charge in [0.2, 0.25) is 0 Å². The first kappa shape index (κ1) is 17.8. The van der Waals surface area contributed by atoms with Gasteiger partial charge in [0.15, 0.2) is 5.96 Å². The van der Waals surface area contributed by atoms with E-state index >= 15 is 0 Å². The molecule has 0 amide bonds. The maximum atomic E-state index is 13.1. The quantitative estimate of drug-likeness (QED) is 0.454. The van der Waals surface area contributed by atoms with E-state index in [9.17, 15) is 4.39 Å². The zero-order valence-electron chi connectivity index (χ0n) is 11.9. The lowest BCUT2D eigenvalue weighted by Crippen LogP contribution is -2.36. The first-order valence-electron chi connectivity index (χ1n) is 6.27. The number of halogens is 2. The molecule has 0 unspecified atom stereocenters. The second-order valence-corrected chi connectivity index (χ2v) is 5.59. The van der Waals surface area contributed by atoms with Gasteiger partial charge in [0.05, 0.1) is 6.54 Å². The number of aryl methyl sites for hydroxylation is 1. The molecule has 0 atom stereocenters. The van der Waals surface area contributed by atoms with E-state index in [0.29, 0.717) is 19.0 Å². The van der Waals surface area contributed by atoms with E-state index in [0.717, 1.165) is 10.6 Å². The zero-order valence-corrected chi connectivity index (χ0v) is 15.0. The van der Waals surface area contributed by atoms with Crippen molar-refractivity contribution in [3.05, 3.63) is 51.7 Å². The molecule has 1 aromatic heterocycles. The van der Waals surface area contributed by atoms with E-state index in [2.05, 4.69) is 20.6 Å². The van der Waals surface area contributed by atoms with Gasteiger partial charge < -0.3 is 10.6 Å². The Morgan fingerprint density at radius 3 is 2.71 bits per heavy atom. The van der Waals surface area contributed by atoms with Gasteiger partial charge in [-0.1, -0.05) is 12.1 Å². The molecule has 0 aliphatic carbocycles. The Morgan fingerprint density at radius 2 is 2.10 bits per heavy atom. The Hall–Kier alpha value is -1.22. The van der Waals surface area contributed by atoms with Crippen molar-refractivity contribution in [2.75, 3.05) is 7.05 Å². The first-order valence-corrected chi connectivity index (χ1v) is 7.09. The Kier molecular flexibility index (Phi) is 7.58. The van der Waals surface area contributed by atoms with Crippen molar-refractivity contribution in [2.45, 2.75) is 20.0 Å². The average molecular weight is 420 g/mol. The molecule has 2 N–H and O–H groups in total. The highest BCUT2D eigenvalue weighted by molar-refractivity contribution is 14.0. The number of aliphatic imine (C=N–C) groups is 1. The lowest BCUT2D eigenvalue weighted by atomic mass is 10.2. The SMILES string of the molecule is CN=C(NCc1cccc(F)c1)NCc1ncc(C)s1.I. The van der Waals surface area contributed by atoms with Crippen LogP contribution in [0.15, 0.2) is 35.5 Å². The summed E-state index contributed by atoms with van der Waals surface area (Å²) in [6, 6.07) is 6.50. The fraction of sp³-hybridized carbons (Fsp3) is 0.286. The zero-order chi connectivity index (χ0) is 14.4. The standard InChI is InChI=1S/C14H17FN4S.HI/c1-10-7-17-13(20-10)9-19-14(16-2)18-8-11-4-3-5-12(15)6-11;/h3-7H,8-9H2,1-2H3,(H2,16,18,19);1H. The second kappa shape index (κ2) is 8.93. The van der Waals surface area contributed by atoms with Crippen molar-refractivity contribution in [3.63, 3.8) is 0 Å². The van der Waals surface area contributed by atoms with E-state index in [4.69, 9.17) is 0 Å². The van der Waals surface area contributed by atoms with Gasteiger partial charge in [0, 0.05) is 24.7 Å². The van der Waals surface area contributed by atoms with Crippen LogP contribution in [0.2, 0.25) is 0 Å². The molecule has 0 spiro atoms. The van der Waals surface area contributed by atoms with Crippen LogP contribution in [0, 0.1) is 12.7 Å². The highest BCUT2D eigenvalue weighted by Crippen LogP contribution is 2.10. The number of thiazole rings is 1. The van der Waals surface area contributed by atoms with Gasteiger partial charge >= 0.3 is 0 Å². The van der Waals surface area contributed by atoms with E-state index in [1.807, 2.05) is 19.2 Å². The summed E-state index contributed by atoms with van der Waals surface area (Å²) >= 11 is 1.65. The molecule has 0 aliphatic heterocycles. The normalized spacial score (nSPS) is 10.9. The van der Waals surface area contributed by atoms with Gasteiger partial charge in [-0.2, -0.15) is 0 Å². The average Bonchev–Trinajstić information content (AvgIpc) is 2.85. The van der Waals surface area contributed by atoms with Crippen LogP contribution in [0.1, 0.15) is 15.4 Å². The van der Waals surface area contributed by atoms with Crippen molar-refractivity contribution >= 4 is 41.3 Å². The highest BCUT2D eigenvalue weighted by atomic mass is 127. The van der Waals surface area contributed by atoms with E-state index in [-0.39, 0.29) is 29.8 Å². The summed E-state index contributed by atoms with van der Waals surface area (Å²) in [6.07, 6.45) is 1.85. The van der Waals surface area contributed by atoms with Crippen molar-refractivity contribution < 1.29 is 4.39 Å². The molecule has 114 valence electrons. The van der Waals surface area contributed by atoms with Crippen molar-refractivity contribution in [1.29, 1.82) is 0 Å². The molecule has 0 aliphatic rings. The number of hydrogen-bond donors (Lipinski definition) is 2. The van der Waals surface area contributed by atoms with Crippen LogP contribution >= 0.6 is 35.3 Å². The molecule has 1 heterocycles. The molecule has 0 radical (unpaired) electrons. The molecule has 2 rings (SSSR count). The van der Waals surface area contributed by atoms with Crippen LogP contribution in [-0.4, -0.2) is 18.0 Å². The number of aromatic nitrogens is 1. The summed E-state index contributed by atoms with van der Waals surface area (Å²) < 4.78 is 13.1. The fourth-order valence-corrected chi connectivity index (χ4v) is 2.42. The van der Waals surface area contributed by atoms with Crippen LogP contribution in [0.25, 0.3) is 0 Å². The minimum absolute atomic E-state index is 0. The molecule has 0 bridgehead atoms. The topological polar surface area (TPSA) is 49.3 Å². The maximum Gasteiger partial charge on any atom is 0.191 e. The summed E-state index contributed by atoms with van der Waals surface area (Å²) in [4.78, 5) is 9.59. The van der Waals surface area contributed by atoms with Gasteiger partial charge in [-0.05, 0) is 24.6 Å². The number of rotatable bonds is 4. The van der Waals surface area contributed by atoms with Crippen LogP contribution in [0.3, 0.4) is 0 Å². The molecule has 21 heavy (non-hydrogen) atoms. The van der Waals surface area contributed by atoms with Crippen LogP contribution < -0.4 is 10.6 Å². The maximum absolute atomic E-state index is 13.1. The van der Waals surface area contributed by atoms with Crippen LogP contribution in [0.4, 0.5) is 4.39 Å². The predicted octanol–water partition coefficient (Wildman–Crippen LogP) is 3.07. The molecular weight excluding hydrogens is 402 g/mol. The Bertz CT molecular complexity index is 600. The summed E-state index contributed by atoms with van der Waals surface area (Å²) in [6.45, 7) is 3.17. The number of hydrogen-bond acceptors (Lipinski definition) is 3. The third-order valence-corrected chi connectivity index (χ3v) is 3.56. The summed E-state index contributed by atoms with van der Waals surface area (Å²) in [5.41, 5.74) is 0.873. The minimum Gasteiger partial charge on any atom is -0.352 e. The largest absolute Gasteiger partial charge is 0.352 e. The minimum atomic E-state index is -0.231. The van der Waals surface area contributed by atoms with E-state index in [1.54, 1.807) is 24.5 Å². The summed E-state index contributed by atoms with van der Waals surface area (Å²) in [5, 5.41) is 7.33. The van der Waals surface area contributed by atoms with E-state index < -0.39 is 0 Å². The fourth-order valence-electron chi connectivity index (χ4n) is 1.70. The molecule has 2 aromatic rings. The van der Waals surface area contributed by atoms with Crippen LogP contribution in [0.5, 0.6) is 0 Å². The van der Waals surface area contributed by atoms with Gasteiger partial charge in [-0.3, -0.25) is 4.99 Å². The second-order valence-electron chi connectivity index (χ2n) is 4.27. The number of nitrogens with one attached hydrogen (secondary N) is 2. The molecule has 0 saturated heterocycles.